The lowest BCUT2D eigenvalue weighted by Gasteiger charge is -2.06. The number of hydrogen-bond acceptors (Lipinski definition) is 3. The molecule has 0 spiro atoms. The molecule has 19 heavy (non-hydrogen) atoms. The molecule has 3 aromatic rings. The largest absolute Gasteiger partial charge is 0.478 e. The Hall–Kier alpha value is -2.14. The van der Waals surface area contributed by atoms with Gasteiger partial charge in [0.15, 0.2) is 0 Å². The Bertz CT molecular complexity index is 758. The van der Waals surface area contributed by atoms with Crippen LogP contribution >= 0.6 is 11.3 Å². The van der Waals surface area contributed by atoms with E-state index < -0.39 is 5.97 Å². The second-order valence-electron chi connectivity index (χ2n) is 4.38. The molecule has 2 aromatic heterocycles. The number of para-hydroxylation sites is 1. The molecule has 0 aliphatic heterocycles. The number of aromatic nitrogens is 2. The first-order chi connectivity index (χ1) is 9.16. The van der Waals surface area contributed by atoms with Crippen molar-refractivity contribution in [2.45, 2.75) is 13.5 Å². The third kappa shape index (κ3) is 2.02. The van der Waals surface area contributed by atoms with Crippen molar-refractivity contribution in [1.29, 1.82) is 0 Å². The molecule has 0 aliphatic rings. The number of aryl methyl sites for hydroxylation is 1. The van der Waals surface area contributed by atoms with Crippen LogP contribution in [-0.4, -0.2) is 20.6 Å². The lowest BCUT2D eigenvalue weighted by Crippen LogP contribution is -2.03. The van der Waals surface area contributed by atoms with Gasteiger partial charge in [-0.3, -0.25) is 0 Å². The molecule has 0 atom stereocenters. The number of aromatic carboxylic acids is 1. The molecule has 1 aromatic carbocycles. The Morgan fingerprint density at radius 3 is 2.95 bits per heavy atom. The Morgan fingerprint density at radius 2 is 2.26 bits per heavy atom. The number of fused-ring (bicyclic) bond motifs is 1. The number of hydrogen-bond donors (Lipinski definition) is 1. The second kappa shape index (κ2) is 4.51. The number of nitrogens with zero attached hydrogens (tertiary/aromatic N) is 2. The normalized spacial score (nSPS) is 11.0. The molecule has 4 nitrogen and oxygen atoms in total. The zero-order valence-corrected chi connectivity index (χ0v) is 11.1. The summed E-state index contributed by atoms with van der Waals surface area (Å²) < 4.78 is 1.90. The summed E-state index contributed by atoms with van der Waals surface area (Å²) in [6.45, 7) is 2.72. The van der Waals surface area contributed by atoms with Crippen LogP contribution in [0.5, 0.6) is 0 Å². The van der Waals surface area contributed by atoms with Crippen molar-refractivity contribution >= 4 is 28.3 Å². The van der Waals surface area contributed by atoms with Crippen LogP contribution in [0.4, 0.5) is 0 Å². The van der Waals surface area contributed by atoms with Crippen molar-refractivity contribution in [2.24, 2.45) is 0 Å². The molecule has 96 valence electrons. The topological polar surface area (TPSA) is 55.1 Å². The number of carboxylic acids is 1. The fourth-order valence-electron chi connectivity index (χ4n) is 2.14. The summed E-state index contributed by atoms with van der Waals surface area (Å²) >= 11 is 1.67. The first kappa shape index (κ1) is 11.9. The summed E-state index contributed by atoms with van der Waals surface area (Å²) in [5.41, 5.74) is 2.92. The van der Waals surface area contributed by atoms with Crippen LogP contribution in [0.25, 0.3) is 11.0 Å². The number of carbonyl (C=O) groups is 1. The SMILES string of the molecule is Cc1ccsc1Cn1cnc2cccc(C(=O)O)c21. The minimum absolute atomic E-state index is 0.296. The van der Waals surface area contributed by atoms with Gasteiger partial charge in [0, 0.05) is 4.88 Å². The summed E-state index contributed by atoms with van der Waals surface area (Å²) in [7, 11) is 0. The highest BCUT2D eigenvalue weighted by Crippen LogP contribution is 2.22. The quantitative estimate of drug-likeness (QED) is 0.796. The second-order valence-corrected chi connectivity index (χ2v) is 5.38. The molecule has 0 unspecified atom stereocenters. The highest BCUT2D eigenvalue weighted by Gasteiger charge is 2.14. The van der Waals surface area contributed by atoms with Gasteiger partial charge in [-0.05, 0) is 36.1 Å². The monoisotopic (exact) mass is 272 g/mol. The summed E-state index contributed by atoms with van der Waals surface area (Å²) in [4.78, 5) is 16.8. The number of rotatable bonds is 3. The average molecular weight is 272 g/mol. The molecule has 1 N–H and O–H groups in total. The molecule has 5 heteroatoms. The molecule has 2 heterocycles. The summed E-state index contributed by atoms with van der Waals surface area (Å²) in [6, 6.07) is 7.24. The predicted molar refractivity (Wildman–Crippen MR) is 74.9 cm³/mol. The Labute approximate surface area is 113 Å². The number of imidazole rings is 1. The maximum Gasteiger partial charge on any atom is 0.337 e. The molecule has 0 fully saturated rings. The van der Waals surface area contributed by atoms with Crippen LogP contribution in [-0.2, 0) is 6.54 Å². The number of thiophene rings is 1. The van der Waals surface area contributed by atoms with Gasteiger partial charge in [-0.2, -0.15) is 0 Å². The standard InChI is InChI=1S/C14H12N2O2S/c1-9-5-6-19-12(9)7-16-8-15-11-4-2-3-10(13(11)16)14(17)18/h2-6,8H,7H2,1H3,(H,17,18). The highest BCUT2D eigenvalue weighted by atomic mass is 32.1. The third-order valence-electron chi connectivity index (χ3n) is 3.15. The molecule has 0 saturated heterocycles. The van der Waals surface area contributed by atoms with Crippen LogP contribution in [0, 0.1) is 6.92 Å². The number of carboxylic acid groups (broad SMARTS) is 1. The smallest absolute Gasteiger partial charge is 0.337 e. The maximum absolute atomic E-state index is 11.3. The van der Waals surface area contributed by atoms with E-state index in [9.17, 15) is 9.90 Å². The van der Waals surface area contributed by atoms with E-state index in [1.54, 1.807) is 29.8 Å². The molecule has 0 radical (unpaired) electrons. The summed E-state index contributed by atoms with van der Waals surface area (Å²) in [5.74, 6) is -0.921. The van der Waals surface area contributed by atoms with Crippen LogP contribution in [0.3, 0.4) is 0 Å². The molecular formula is C14H12N2O2S. The Balaban J connectivity index is 2.14. The van der Waals surface area contributed by atoms with Crippen molar-refractivity contribution in [2.75, 3.05) is 0 Å². The first-order valence-electron chi connectivity index (χ1n) is 5.87. The maximum atomic E-state index is 11.3. The van der Waals surface area contributed by atoms with Gasteiger partial charge in [0.05, 0.1) is 29.5 Å². The third-order valence-corrected chi connectivity index (χ3v) is 4.16. The minimum atomic E-state index is -0.921. The van der Waals surface area contributed by atoms with E-state index in [1.807, 2.05) is 16.0 Å². The fourth-order valence-corrected chi connectivity index (χ4v) is 3.04. The van der Waals surface area contributed by atoms with Gasteiger partial charge in [-0.25, -0.2) is 9.78 Å². The molecule has 0 amide bonds. The summed E-state index contributed by atoms with van der Waals surface area (Å²) in [5, 5.41) is 11.3. The zero-order chi connectivity index (χ0) is 13.4. The first-order valence-corrected chi connectivity index (χ1v) is 6.75. The van der Waals surface area contributed by atoms with Crippen molar-refractivity contribution in [1.82, 2.24) is 9.55 Å². The zero-order valence-electron chi connectivity index (χ0n) is 10.3. The van der Waals surface area contributed by atoms with Crippen molar-refractivity contribution in [3.05, 3.63) is 52.0 Å². The van der Waals surface area contributed by atoms with Crippen molar-refractivity contribution in [3.8, 4) is 0 Å². The molecule has 0 aliphatic carbocycles. The molecule has 3 rings (SSSR count). The highest BCUT2D eigenvalue weighted by molar-refractivity contribution is 7.10. The van der Waals surface area contributed by atoms with Gasteiger partial charge < -0.3 is 9.67 Å². The van der Waals surface area contributed by atoms with Crippen LogP contribution in [0.15, 0.2) is 36.0 Å². The van der Waals surface area contributed by atoms with Crippen molar-refractivity contribution < 1.29 is 9.90 Å². The summed E-state index contributed by atoms with van der Waals surface area (Å²) in [6.07, 6.45) is 1.70. The average Bonchev–Trinajstić information content (AvgIpc) is 2.97. The van der Waals surface area contributed by atoms with Crippen molar-refractivity contribution in [3.63, 3.8) is 0 Å². The lowest BCUT2D eigenvalue weighted by atomic mass is 10.2. The van der Waals surface area contributed by atoms with Crippen LogP contribution in [0.2, 0.25) is 0 Å². The van der Waals surface area contributed by atoms with E-state index in [1.165, 1.54) is 10.4 Å². The van der Waals surface area contributed by atoms with Gasteiger partial charge in [0.2, 0.25) is 0 Å². The van der Waals surface area contributed by atoms with E-state index in [2.05, 4.69) is 18.0 Å². The van der Waals surface area contributed by atoms with E-state index in [0.29, 0.717) is 23.1 Å². The number of benzene rings is 1. The fraction of sp³-hybridized carbons (Fsp3) is 0.143. The van der Waals surface area contributed by atoms with E-state index in [-0.39, 0.29) is 0 Å². The Kier molecular flexibility index (Phi) is 2.83. The molecular weight excluding hydrogens is 260 g/mol. The van der Waals surface area contributed by atoms with Gasteiger partial charge in [0.25, 0.3) is 0 Å². The molecule has 0 bridgehead atoms. The Morgan fingerprint density at radius 1 is 1.42 bits per heavy atom. The van der Waals surface area contributed by atoms with Gasteiger partial charge in [-0.1, -0.05) is 6.07 Å². The van der Waals surface area contributed by atoms with E-state index in [4.69, 9.17) is 0 Å². The van der Waals surface area contributed by atoms with E-state index in [0.717, 1.165) is 0 Å². The minimum Gasteiger partial charge on any atom is -0.478 e. The van der Waals surface area contributed by atoms with Gasteiger partial charge >= 0.3 is 5.97 Å². The van der Waals surface area contributed by atoms with Gasteiger partial charge in [0.1, 0.15) is 0 Å². The predicted octanol–water partition coefficient (Wildman–Crippen LogP) is 3.15. The van der Waals surface area contributed by atoms with E-state index >= 15 is 0 Å². The van der Waals surface area contributed by atoms with Crippen LogP contribution in [0.1, 0.15) is 20.8 Å². The van der Waals surface area contributed by atoms with Gasteiger partial charge in [-0.15, -0.1) is 11.3 Å². The molecule has 0 saturated carbocycles. The van der Waals surface area contributed by atoms with Crippen LogP contribution < -0.4 is 0 Å². The lowest BCUT2D eigenvalue weighted by molar-refractivity contribution is 0.0698.